The highest BCUT2D eigenvalue weighted by Gasteiger charge is 1.99. The molecule has 1 heterocycles. The molecule has 0 aromatic carbocycles. The lowest BCUT2D eigenvalue weighted by Gasteiger charge is -2.03. The SMILES string of the molecule is CNC(=O)CCNCCC1=CCC=N1. The number of hydrogen-bond acceptors (Lipinski definition) is 3. The molecule has 0 spiro atoms. The predicted molar refractivity (Wildman–Crippen MR) is 57.4 cm³/mol. The van der Waals surface area contributed by atoms with Crippen LogP contribution in [0.4, 0.5) is 0 Å². The van der Waals surface area contributed by atoms with Gasteiger partial charge in [-0.3, -0.25) is 9.79 Å². The van der Waals surface area contributed by atoms with Crippen molar-refractivity contribution in [2.45, 2.75) is 19.3 Å². The van der Waals surface area contributed by atoms with Gasteiger partial charge in [-0.25, -0.2) is 0 Å². The van der Waals surface area contributed by atoms with Crippen LogP contribution < -0.4 is 10.6 Å². The van der Waals surface area contributed by atoms with E-state index in [9.17, 15) is 4.79 Å². The maximum atomic E-state index is 10.8. The summed E-state index contributed by atoms with van der Waals surface area (Å²) >= 11 is 0. The Morgan fingerprint density at radius 3 is 3.07 bits per heavy atom. The van der Waals surface area contributed by atoms with E-state index in [4.69, 9.17) is 0 Å². The Morgan fingerprint density at radius 1 is 1.57 bits per heavy atom. The van der Waals surface area contributed by atoms with Crippen molar-refractivity contribution in [1.82, 2.24) is 10.6 Å². The maximum Gasteiger partial charge on any atom is 0.221 e. The zero-order valence-electron chi connectivity index (χ0n) is 8.55. The standard InChI is InChI=1S/C10H17N3O/c1-11-10(14)5-8-12-7-4-9-3-2-6-13-9/h3,6,12H,2,4-5,7-8H2,1H3,(H,11,14). The smallest absolute Gasteiger partial charge is 0.221 e. The van der Waals surface area contributed by atoms with Crippen LogP contribution in [0.2, 0.25) is 0 Å². The Bertz CT molecular complexity index is 246. The Kier molecular flexibility index (Phi) is 4.93. The van der Waals surface area contributed by atoms with Crippen LogP contribution in [-0.2, 0) is 4.79 Å². The minimum Gasteiger partial charge on any atom is -0.359 e. The van der Waals surface area contributed by atoms with Gasteiger partial charge in [0, 0.05) is 51.3 Å². The van der Waals surface area contributed by atoms with Crippen LogP contribution in [0, 0.1) is 0 Å². The fraction of sp³-hybridized carbons (Fsp3) is 0.600. The van der Waals surface area contributed by atoms with Gasteiger partial charge < -0.3 is 10.6 Å². The fourth-order valence-electron chi connectivity index (χ4n) is 1.25. The number of amides is 1. The third kappa shape index (κ3) is 4.18. The van der Waals surface area contributed by atoms with E-state index in [0.717, 1.165) is 31.6 Å². The number of aliphatic imine (C=N–C) groups is 1. The minimum atomic E-state index is 0.0793. The van der Waals surface area contributed by atoms with Gasteiger partial charge in [-0.2, -0.15) is 0 Å². The molecule has 0 aliphatic carbocycles. The van der Waals surface area contributed by atoms with E-state index in [1.165, 1.54) is 0 Å². The largest absolute Gasteiger partial charge is 0.359 e. The van der Waals surface area contributed by atoms with Crippen molar-refractivity contribution in [3.63, 3.8) is 0 Å². The van der Waals surface area contributed by atoms with Crippen LogP contribution in [0.1, 0.15) is 19.3 Å². The highest BCUT2D eigenvalue weighted by atomic mass is 16.1. The van der Waals surface area contributed by atoms with Gasteiger partial charge in [-0.05, 0) is 0 Å². The van der Waals surface area contributed by atoms with Gasteiger partial charge in [0.05, 0.1) is 0 Å². The van der Waals surface area contributed by atoms with E-state index in [0.29, 0.717) is 6.42 Å². The van der Waals surface area contributed by atoms with Gasteiger partial charge in [0.1, 0.15) is 0 Å². The van der Waals surface area contributed by atoms with E-state index in [1.54, 1.807) is 7.05 Å². The lowest BCUT2D eigenvalue weighted by atomic mass is 10.3. The summed E-state index contributed by atoms with van der Waals surface area (Å²) in [4.78, 5) is 15.0. The summed E-state index contributed by atoms with van der Waals surface area (Å²) in [6.07, 6.45) is 6.50. The molecular weight excluding hydrogens is 178 g/mol. The predicted octanol–water partition coefficient (Wildman–Crippen LogP) is 0.461. The molecule has 1 aliphatic heterocycles. The third-order valence-corrected chi connectivity index (χ3v) is 2.08. The molecule has 78 valence electrons. The Hall–Kier alpha value is -1.16. The van der Waals surface area contributed by atoms with Gasteiger partial charge >= 0.3 is 0 Å². The van der Waals surface area contributed by atoms with Crippen molar-refractivity contribution in [3.8, 4) is 0 Å². The summed E-state index contributed by atoms with van der Waals surface area (Å²) in [6, 6.07) is 0. The highest BCUT2D eigenvalue weighted by Crippen LogP contribution is 2.07. The first-order valence-electron chi connectivity index (χ1n) is 4.96. The third-order valence-electron chi connectivity index (χ3n) is 2.08. The summed E-state index contributed by atoms with van der Waals surface area (Å²) in [7, 11) is 1.65. The number of nitrogens with zero attached hydrogens (tertiary/aromatic N) is 1. The van der Waals surface area contributed by atoms with Gasteiger partial charge in [0.2, 0.25) is 5.91 Å². The van der Waals surface area contributed by atoms with Crippen molar-refractivity contribution >= 4 is 12.1 Å². The molecule has 0 atom stereocenters. The molecule has 1 rings (SSSR count). The van der Waals surface area contributed by atoms with Crippen molar-refractivity contribution in [3.05, 3.63) is 11.8 Å². The van der Waals surface area contributed by atoms with Gasteiger partial charge in [0.25, 0.3) is 0 Å². The molecule has 14 heavy (non-hydrogen) atoms. The molecule has 0 radical (unpaired) electrons. The monoisotopic (exact) mass is 195 g/mol. The van der Waals surface area contributed by atoms with Crippen LogP contribution in [0.5, 0.6) is 0 Å². The summed E-state index contributed by atoms with van der Waals surface area (Å²) in [5, 5.41) is 5.79. The van der Waals surface area contributed by atoms with Crippen LogP contribution in [0.3, 0.4) is 0 Å². The number of hydrogen-bond donors (Lipinski definition) is 2. The molecule has 1 amide bonds. The van der Waals surface area contributed by atoms with E-state index in [2.05, 4.69) is 21.7 Å². The van der Waals surface area contributed by atoms with Gasteiger partial charge in [-0.1, -0.05) is 6.08 Å². The second-order valence-corrected chi connectivity index (χ2v) is 3.17. The molecule has 0 aromatic heterocycles. The average Bonchev–Trinajstić information content (AvgIpc) is 2.69. The fourth-order valence-corrected chi connectivity index (χ4v) is 1.25. The van der Waals surface area contributed by atoms with E-state index in [1.807, 2.05) is 6.21 Å². The number of allylic oxidation sites excluding steroid dienone is 1. The molecule has 4 nitrogen and oxygen atoms in total. The van der Waals surface area contributed by atoms with Crippen LogP contribution in [-0.4, -0.2) is 32.3 Å². The Morgan fingerprint density at radius 2 is 2.43 bits per heavy atom. The Labute approximate surface area is 84.5 Å². The minimum absolute atomic E-state index is 0.0793. The summed E-state index contributed by atoms with van der Waals surface area (Å²) in [5.74, 6) is 0.0793. The quantitative estimate of drug-likeness (QED) is 0.605. The zero-order chi connectivity index (χ0) is 10.2. The van der Waals surface area contributed by atoms with Crippen LogP contribution in [0.25, 0.3) is 0 Å². The number of nitrogens with one attached hydrogen (secondary N) is 2. The number of rotatable bonds is 6. The molecular formula is C10H17N3O. The first-order valence-corrected chi connectivity index (χ1v) is 4.96. The average molecular weight is 195 g/mol. The van der Waals surface area contributed by atoms with Crippen LogP contribution >= 0.6 is 0 Å². The summed E-state index contributed by atoms with van der Waals surface area (Å²) in [6.45, 7) is 1.62. The molecule has 0 aromatic rings. The van der Waals surface area contributed by atoms with E-state index in [-0.39, 0.29) is 5.91 Å². The first kappa shape index (κ1) is 10.9. The van der Waals surface area contributed by atoms with Crippen molar-refractivity contribution in [2.24, 2.45) is 4.99 Å². The molecule has 0 saturated heterocycles. The van der Waals surface area contributed by atoms with Crippen LogP contribution in [0.15, 0.2) is 16.8 Å². The second-order valence-electron chi connectivity index (χ2n) is 3.17. The summed E-state index contributed by atoms with van der Waals surface area (Å²) < 4.78 is 0. The van der Waals surface area contributed by atoms with Crippen molar-refractivity contribution < 1.29 is 4.79 Å². The normalized spacial score (nSPS) is 14.2. The molecule has 0 fully saturated rings. The van der Waals surface area contributed by atoms with E-state index >= 15 is 0 Å². The van der Waals surface area contributed by atoms with Gasteiger partial charge in [0.15, 0.2) is 0 Å². The van der Waals surface area contributed by atoms with Crippen molar-refractivity contribution in [1.29, 1.82) is 0 Å². The van der Waals surface area contributed by atoms with Gasteiger partial charge in [-0.15, -0.1) is 0 Å². The molecule has 0 saturated carbocycles. The number of carbonyl (C=O) groups is 1. The first-order chi connectivity index (χ1) is 6.83. The maximum absolute atomic E-state index is 10.8. The number of carbonyl (C=O) groups excluding carboxylic acids is 1. The lowest BCUT2D eigenvalue weighted by molar-refractivity contribution is -0.120. The zero-order valence-corrected chi connectivity index (χ0v) is 8.55. The highest BCUT2D eigenvalue weighted by molar-refractivity contribution is 5.75. The molecule has 2 N–H and O–H groups in total. The molecule has 4 heteroatoms. The molecule has 0 bridgehead atoms. The van der Waals surface area contributed by atoms with Crippen molar-refractivity contribution in [2.75, 3.05) is 20.1 Å². The molecule has 0 unspecified atom stereocenters. The Balaban J connectivity index is 1.94. The molecule has 1 aliphatic rings. The lowest BCUT2D eigenvalue weighted by Crippen LogP contribution is -2.25. The second kappa shape index (κ2) is 6.32. The summed E-state index contributed by atoms with van der Waals surface area (Å²) in [5.41, 5.74) is 1.15. The topological polar surface area (TPSA) is 53.5 Å². The van der Waals surface area contributed by atoms with E-state index < -0.39 is 0 Å².